The summed E-state index contributed by atoms with van der Waals surface area (Å²) in [7, 11) is -2.71. The highest BCUT2D eigenvalue weighted by Gasteiger charge is 2.62. The molecule has 0 bridgehead atoms. The standard InChI is InChI=1S/C22H24O3PS2/c1-21(2,3)14-16-13-18-20(28-16)22(24-10-11-25-22)19-17(9-12-27-19)26(18,23)15-7-5-4-6-8-15/h4-9,12-13,23H,10-11,14H2,1-3H3/q+1. The van der Waals surface area contributed by atoms with E-state index in [0.29, 0.717) is 13.2 Å². The highest BCUT2D eigenvalue weighted by atomic mass is 32.1. The average molecular weight is 432 g/mol. The van der Waals surface area contributed by atoms with Crippen LogP contribution in [0.2, 0.25) is 0 Å². The second kappa shape index (κ2) is 6.46. The molecule has 0 amide bonds. The first-order valence-corrected chi connectivity index (χ1v) is 13.0. The molecule has 6 heteroatoms. The normalized spacial score (nSPS) is 23.0. The predicted octanol–water partition coefficient (Wildman–Crippen LogP) is 4.16. The summed E-state index contributed by atoms with van der Waals surface area (Å²) in [5.74, 6) is -0.847. The van der Waals surface area contributed by atoms with Gasteiger partial charge in [0, 0.05) is 4.88 Å². The Kier molecular flexibility index (Phi) is 4.37. The van der Waals surface area contributed by atoms with Crippen LogP contribution in [0.3, 0.4) is 0 Å². The zero-order valence-corrected chi connectivity index (χ0v) is 18.8. The van der Waals surface area contributed by atoms with E-state index in [1.54, 1.807) is 22.7 Å². The lowest BCUT2D eigenvalue weighted by Crippen LogP contribution is -2.45. The molecule has 146 valence electrons. The summed E-state index contributed by atoms with van der Waals surface area (Å²) >= 11 is 3.38. The SMILES string of the molecule is CC(C)(C)Cc1cc2c(s1)C1(OCCO1)c1sccc1[P+]2(O)c1ccccc1. The number of fused-ring (bicyclic) bond motifs is 4. The number of rotatable bonds is 2. The van der Waals surface area contributed by atoms with Crippen molar-refractivity contribution < 1.29 is 14.4 Å². The third-order valence-corrected chi connectivity index (χ3v) is 10.9. The second-order valence-electron chi connectivity index (χ2n) is 8.58. The van der Waals surface area contributed by atoms with E-state index in [1.165, 1.54) is 4.88 Å². The van der Waals surface area contributed by atoms with E-state index in [4.69, 9.17) is 9.47 Å². The van der Waals surface area contributed by atoms with E-state index >= 15 is 0 Å². The minimum absolute atomic E-state index is 0.173. The quantitative estimate of drug-likeness (QED) is 0.620. The van der Waals surface area contributed by atoms with Crippen LogP contribution in [0.5, 0.6) is 0 Å². The maximum Gasteiger partial charge on any atom is 0.249 e. The Morgan fingerprint density at radius 3 is 2.43 bits per heavy atom. The largest absolute Gasteiger partial charge is 0.338 e. The number of hydrogen-bond donors (Lipinski definition) is 1. The summed E-state index contributed by atoms with van der Waals surface area (Å²) in [6.07, 6.45) is 0.961. The molecule has 2 aliphatic heterocycles. The lowest BCUT2D eigenvalue weighted by atomic mass is 9.92. The molecule has 1 spiro atoms. The first-order chi connectivity index (χ1) is 13.3. The summed E-state index contributed by atoms with van der Waals surface area (Å²) in [6, 6.07) is 14.4. The van der Waals surface area contributed by atoms with Gasteiger partial charge in [0.25, 0.3) is 0 Å². The van der Waals surface area contributed by atoms with Crippen LogP contribution in [0.25, 0.3) is 0 Å². The number of ether oxygens (including phenoxy) is 2. The van der Waals surface area contributed by atoms with Gasteiger partial charge >= 0.3 is 0 Å². The van der Waals surface area contributed by atoms with Gasteiger partial charge in [-0.3, -0.25) is 0 Å². The van der Waals surface area contributed by atoms with Crippen LogP contribution in [0.4, 0.5) is 0 Å². The van der Waals surface area contributed by atoms with E-state index in [1.807, 2.05) is 18.2 Å². The van der Waals surface area contributed by atoms with Gasteiger partial charge in [0.1, 0.15) is 15.1 Å². The van der Waals surface area contributed by atoms with Gasteiger partial charge in [0.15, 0.2) is 10.6 Å². The van der Waals surface area contributed by atoms with Crippen LogP contribution in [0.15, 0.2) is 47.8 Å². The maximum atomic E-state index is 12.3. The Morgan fingerprint density at radius 2 is 1.75 bits per heavy atom. The Balaban J connectivity index is 1.79. The van der Waals surface area contributed by atoms with Crippen molar-refractivity contribution in [1.29, 1.82) is 0 Å². The molecule has 1 fully saturated rings. The Morgan fingerprint density at radius 1 is 1.04 bits per heavy atom. The summed E-state index contributed by atoms with van der Waals surface area (Å²) in [5, 5.41) is 5.04. The van der Waals surface area contributed by atoms with Crippen molar-refractivity contribution in [2.75, 3.05) is 13.2 Å². The topological polar surface area (TPSA) is 38.7 Å². The molecule has 1 saturated heterocycles. The Hall–Kier alpha value is -1.07. The predicted molar refractivity (Wildman–Crippen MR) is 119 cm³/mol. The molecule has 1 unspecified atom stereocenters. The monoisotopic (exact) mass is 431 g/mol. The number of hydrogen-bond acceptors (Lipinski definition) is 5. The van der Waals surface area contributed by atoms with Gasteiger partial charge in [-0.25, -0.2) is 4.89 Å². The van der Waals surface area contributed by atoms with Gasteiger partial charge in [-0.2, -0.15) is 0 Å². The molecule has 0 saturated carbocycles. The molecule has 0 radical (unpaired) electrons. The van der Waals surface area contributed by atoms with Crippen molar-refractivity contribution in [3.05, 3.63) is 62.5 Å². The molecular weight excluding hydrogens is 407 g/mol. The fourth-order valence-electron chi connectivity index (χ4n) is 4.15. The fraction of sp³-hybridized carbons (Fsp3) is 0.364. The van der Waals surface area contributed by atoms with Gasteiger partial charge < -0.3 is 9.47 Å². The van der Waals surface area contributed by atoms with Crippen LogP contribution in [-0.2, 0) is 21.7 Å². The van der Waals surface area contributed by atoms with Crippen LogP contribution in [-0.4, -0.2) is 18.1 Å². The van der Waals surface area contributed by atoms with Crippen LogP contribution in [0.1, 0.15) is 35.4 Å². The molecule has 3 nitrogen and oxygen atoms in total. The van der Waals surface area contributed by atoms with Crippen molar-refractivity contribution in [1.82, 2.24) is 0 Å². The fourth-order valence-corrected chi connectivity index (χ4v) is 10.8. The average Bonchev–Trinajstić information content (AvgIpc) is 3.39. The Labute approximate surface area is 174 Å². The molecule has 2 aliphatic rings. The van der Waals surface area contributed by atoms with E-state index in [-0.39, 0.29) is 5.41 Å². The van der Waals surface area contributed by atoms with Gasteiger partial charge in [-0.15, -0.1) is 22.7 Å². The van der Waals surface area contributed by atoms with E-state index in [9.17, 15) is 4.89 Å². The van der Waals surface area contributed by atoms with Gasteiger partial charge in [0.05, 0.1) is 13.2 Å². The van der Waals surface area contributed by atoms with Crippen molar-refractivity contribution in [3.8, 4) is 0 Å². The molecular formula is C22H24O3PS2+. The molecule has 3 aromatic rings. The van der Waals surface area contributed by atoms with E-state index < -0.39 is 13.3 Å². The second-order valence-corrected chi connectivity index (χ2v) is 13.4. The summed E-state index contributed by atoms with van der Waals surface area (Å²) < 4.78 is 12.5. The van der Waals surface area contributed by atoms with E-state index in [0.717, 1.165) is 32.1 Å². The van der Waals surface area contributed by atoms with Crippen LogP contribution in [0, 0.1) is 5.41 Å². The van der Waals surface area contributed by atoms with Crippen molar-refractivity contribution in [3.63, 3.8) is 0 Å². The molecule has 28 heavy (non-hydrogen) atoms. The summed E-state index contributed by atoms with van der Waals surface area (Å²) in [5.41, 5.74) is 0.173. The molecule has 1 atom stereocenters. The molecule has 1 aromatic carbocycles. The van der Waals surface area contributed by atoms with E-state index in [2.05, 4.69) is 50.4 Å². The van der Waals surface area contributed by atoms with Gasteiger partial charge in [-0.1, -0.05) is 39.0 Å². The van der Waals surface area contributed by atoms with Crippen LogP contribution < -0.4 is 15.9 Å². The maximum absolute atomic E-state index is 12.3. The third kappa shape index (κ3) is 2.68. The Bertz CT molecular complexity index is 1010. The molecule has 4 heterocycles. The van der Waals surface area contributed by atoms with Gasteiger partial charge in [0.2, 0.25) is 13.3 Å². The lowest BCUT2D eigenvalue weighted by Gasteiger charge is -2.34. The highest BCUT2D eigenvalue weighted by Crippen LogP contribution is 2.62. The molecule has 2 aromatic heterocycles. The minimum Gasteiger partial charge on any atom is -0.338 e. The first kappa shape index (κ1) is 18.9. The zero-order valence-electron chi connectivity index (χ0n) is 16.3. The smallest absolute Gasteiger partial charge is 0.249 e. The summed E-state index contributed by atoms with van der Waals surface area (Å²) in [4.78, 5) is 15.6. The number of thiophene rings is 2. The zero-order chi connectivity index (χ0) is 19.6. The molecule has 0 aliphatic carbocycles. The van der Waals surface area contributed by atoms with Crippen LogP contribution >= 0.6 is 30.2 Å². The summed E-state index contributed by atoms with van der Waals surface area (Å²) in [6.45, 7) is 7.90. The van der Waals surface area contributed by atoms with Crippen molar-refractivity contribution in [2.45, 2.75) is 33.0 Å². The first-order valence-electron chi connectivity index (χ1n) is 9.52. The third-order valence-electron chi connectivity index (χ3n) is 5.23. The van der Waals surface area contributed by atoms with Crippen molar-refractivity contribution >= 4 is 46.1 Å². The lowest BCUT2D eigenvalue weighted by molar-refractivity contribution is -0.123. The number of benzene rings is 1. The van der Waals surface area contributed by atoms with Gasteiger partial charge in [-0.05, 0) is 41.5 Å². The molecule has 5 rings (SSSR count). The molecule has 1 N–H and O–H groups in total. The highest BCUT2D eigenvalue weighted by molar-refractivity contribution is 7.91. The minimum atomic E-state index is -2.71. The van der Waals surface area contributed by atoms with Crippen molar-refractivity contribution in [2.24, 2.45) is 5.41 Å².